The molecule has 0 bridgehead atoms. The Hall–Kier alpha value is -10.0. The number of thiophene rings is 1. The SMILES string of the molecule is C=CC=C.N/C(=C1\C(=N/Cn2c3ccccc3c3c(-c4ccc5c(c4)c4ccc6ccccc6c4n5-c4nc(-c5ccccc5)nc(-c5ccccc5)n4)cccc32)C=Cc2cc(-c3ccccc3)sc21)c1ccccc1. The van der Waals surface area contributed by atoms with Gasteiger partial charge in [-0.05, 0) is 69.6 Å². The molecule has 2 N–H and O–H groups in total. The van der Waals surface area contributed by atoms with E-state index in [1.54, 1.807) is 23.5 Å². The van der Waals surface area contributed by atoms with Crippen LogP contribution in [0.3, 0.4) is 0 Å². The number of hydrogen-bond donors (Lipinski definition) is 1. The summed E-state index contributed by atoms with van der Waals surface area (Å²) in [6.07, 6.45) is 7.59. The molecule has 0 radical (unpaired) electrons. The average molecular weight is 1010 g/mol. The van der Waals surface area contributed by atoms with Crippen LogP contribution in [0.2, 0.25) is 0 Å². The lowest BCUT2D eigenvalue weighted by Gasteiger charge is -2.17. The monoisotopic (exact) mass is 1010 g/mol. The fraction of sp³-hybridized carbons (Fsp3) is 0.0145. The van der Waals surface area contributed by atoms with Crippen molar-refractivity contribution in [2.75, 3.05) is 0 Å². The van der Waals surface area contributed by atoms with Crippen molar-refractivity contribution in [2.24, 2.45) is 10.7 Å². The third kappa shape index (κ3) is 8.43. The predicted molar refractivity (Wildman–Crippen MR) is 325 cm³/mol. The second kappa shape index (κ2) is 20.0. The minimum atomic E-state index is 0.395. The number of hydrogen-bond acceptors (Lipinski definition) is 6. The van der Waals surface area contributed by atoms with Crippen LogP contribution in [0.5, 0.6) is 0 Å². The van der Waals surface area contributed by atoms with E-state index in [0.717, 1.165) is 93.2 Å². The molecule has 4 heterocycles. The van der Waals surface area contributed by atoms with Crippen LogP contribution < -0.4 is 5.73 Å². The Morgan fingerprint density at radius 2 is 1.14 bits per heavy atom. The van der Waals surface area contributed by atoms with Crippen molar-refractivity contribution in [3.05, 3.63) is 272 Å². The molecule has 0 amide bonds. The van der Waals surface area contributed by atoms with Gasteiger partial charge in [0.25, 0.3) is 0 Å². The maximum absolute atomic E-state index is 7.19. The van der Waals surface area contributed by atoms with Crippen molar-refractivity contribution in [3.63, 3.8) is 0 Å². The van der Waals surface area contributed by atoms with Gasteiger partial charge in [0.2, 0.25) is 5.95 Å². The Bertz CT molecular complexity index is 4440. The zero-order valence-corrected chi connectivity index (χ0v) is 42.8. The van der Waals surface area contributed by atoms with Gasteiger partial charge in [-0.25, -0.2) is 4.98 Å². The number of benzene rings is 9. The van der Waals surface area contributed by atoms with E-state index in [-0.39, 0.29) is 0 Å². The van der Waals surface area contributed by atoms with Gasteiger partial charge >= 0.3 is 0 Å². The number of fused-ring (bicyclic) bond motifs is 9. The molecule has 0 aliphatic heterocycles. The van der Waals surface area contributed by atoms with Crippen LogP contribution in [0.4, 0.5) is 0 Å². The van der Waals surface area contributed by atoms with Gasteiger partial charge in [0, 0.05) is 59.1 Å². The van der Waals surface area contributed by atoms with Gasteiger partial charge in [-0.3, -0.25) is 9.56 Å². The maximum atomic E-state index is 7.19. The predicted octanol–water partition coefficient (Wildman–Crippen LogP) is 17.3. The van der Waals surface area contributed by atoms with Gasteiger partial charge in [0.15, 0.2) is 11.6 Å². The number of allylic oxidation sites excluding steroid dienone is 4. The molecule has 366 valence electrons. The van der Waals surface area contributed by atoms with Gasteiger partial charge in [0.1, 0.15) is 6.67 Å². The van der Waals surface area contributed by atoms with Gasteiger partial charge in [-0.1, -0.05) is 226 Å². The molecule has 0 saturated heterocycles. The first-order valence-corrected chi connectivity index (χ1v) is 26.4. The van der Waals surface area contributed by atoms with E-state index in [1.165, 1.54) is 21.2 Å². The molecule has 4 aromatic heterocycles. The quantitative estimate of drug-likeness (QED) is 0.146. The number of aromatic nitrogens is 5. The molecule has 0 fully saturated rings. The first kappa shape index (κ1) is 46.7. The molecular formula is C69H49N7S. The fourth-order valence-electron chi connectivity index (χ4n) is 10.7. The van der Waals surface area contributed by atoms with E-state index in [9.17, 15) is 0 Å². The van der Waals surface area contributed by atoms with Gasteiger partial charge in [0.05, 0.1) is 27.8 Å². The van der Waals surface area contributed by atoms with E-state index in [0.29, 0.717) is 30.0 Å². The first-order valence-electron chi connectivity index (χ1n) is 25.6. The van der Waals surface area contributed by atoms with E-state index in [1.807, 2.05) is 54.6 Å². The lowest BCUT2D eigenvalue weighted by molar-refractivity contribution is 0.794. The zero-order chi connectivity index (χ0) is 51.8. The Labute approximate surface area is 450 Å². The molecule has 77 heavy (non-hydrogen) atoms. The van der Waals surface area contributed by atoms with Crippen molar-refractivity contribution in [1.29, 1.82) is 0 Å². The number of rotatable bonds is 9. The molecule has 13 aromatic rings. The van der Waals surface area contributed by atoms with Gasteiger partial charge in [-0.15, -0.1) is 11.3 Å². The molecule has 1 aliphatic carbocycles. The Kier molecular flexibility index (Phi) is 12.2. The largest absolute Gasteiger partial charge is 0.398 e. The summed E-state index contributed by atoms with van der Waals surface area (Å²) in [5.41, 5.74) is 21.4. The summed E-state index contributed by atoms with van der Waals surface area (Å²) in [5.74, 6) is 1.79. The van der Waals surface area contributed by atoms with Crippen molar-refractivity contribution in [1.82, 2.24) is 24.1 Å². The molecule has 1 aliphatic rings. The van der Waals surface area contributed by atoms with Crippen LogP contribution in [-0.2, 0) is 6.67 Å². The van der Waals surface area contributed by atoms with E-state index < -0.39 is 0 Å². The molecule has 14 rings (SSSR count). The van der Waals surface area contributed by atoms with Crippen LogP contribution >= 0.6 is 11.3 Å². The van der Waals surface area contributed by atoms with Gasteiger partial charge < -0.3 is 10.3 Å². The van der Waals surface area contributed by atoms with E-state index >= 15 is 0 Å². The molecular weight excluding hydrogens is 959 g/mol. The minimum absolute atomic E-state index is 0.395. The normalized spacial score (nSPS) is 13.3. The lowest BCUT2D eigenvalue weighted by Crippen LogP contribution is -2.11. The fourth-order valence-corrected chi connectivity index (χ4v) is 11.9. The number of aliphatic imine (C=N–C) groups is 1. The van der Waals surface area contributed by atoms with Crippen LogP contribution in [0.25, 0.3) is 122 Å². The highest BCUT2D eigenvalue weighted by Gasteiger charge is 2.25. The van der Waals surface area contributed by atoms with Crippen molar-refractivity contribution in [2.45, 2.75) is 6.67 Å². The second-order valence-electron chi connectivity index (χ2n) is 18.8. The third-order valence-corrected chi connectivity index (χ3v) is 15.5. The highest BCUT2D eigenvalue weighted by molar-refractivity contribution is 7.17. The van der Waals surface area contributed by atoms with Crippen molar-refractivity contribution in [3.8, 4) is 50.3 Å². The minimum Gasteiger partial charge on any atom is -0.398 e. The molecule has 9 aromatic carbocycles. The first-order chi connectivity index (χ1) is 38.0. The van der Waals surface area contributed by atoms with Crippen LogP contribution in [-0.4, -0.2) is 29.8 Å². The highest BCUT2D eigenvalue weighted by atomic mass is 32.1. The molecule has 8 heteroatoms. The smallest absolute Gasteiger partial charge is 0.238 e. The second-order valence-corrected chi connectivity index (χ2v) is 19.9. The Morgan fingerprint density at radius 1 is 0.519 bits per heavy atom. The maximum Gasteiger partial charge on any atom is 0.238 e. The molecule has 7 nitrogen and oxygen atoms in total. The topological polar surface area (TPSA) is 86.9 Å². The summed E-state index contributed by atoms with van der Waals surface area (Å²) >= 11 is 1.76. The zero-order valence-electron chi connectivity index (χ0n) is 42.0. The van der Waals surface area contributed by atoms with Crippen LogP contribution in [0, 0.1) is 0 Å². The molecule has 0 unspecified atom stereocenters. The number of nitrogens with two attached hydrogens (primary N) is 1. The van der Waals surface area contributed by atoms with E-state index in [4.69, 9.17) is 25.7 Å². The summed E-state index contributed by atoms with van der Waals surface area (Å²) in [6, 6.07) is 78.6. The van der Waals surface area contributed by atoms with E-state index in [2.05, 4.69) is 204 Å². The van der Waals surface area contributed by atoms with Crippen molar-refractivity contribution >= 4 is 88.8 Å². The summed E-state index contributed by atoms with van der Waals surface area (Å²) in [6.45, 7) is 7.12. The van der Waals surface area contributed by atoms with Crippen LogP contribution in [0.15, 0.2) is 261 Å². The summed E-state index contributed by atoms with van der Waals surface area (Å²) in [5, 5.41) is 6.83. The molecule has 0 saturated carbocycles. The third-order valence-electron chi connectivity index (χ3n) is 14.3. The van der Waals surface area contributed by atoms with Crippen molar-refractivity contribution < 1.29 is 0 Å². The summed E-state index contributed by atoms with van der Waals surface area (Å²) in [4.78, 5) is 23.3. The van der Waals surface area contributed by atoms with Gasteiger partial charge in [-0.2, -0.15) is 9.97 Å². The van der Waals surface area contributed by atoms with Crippen LogP contribution in [0.1, 0.15) is 16.0 Å². The summed E-state index contributed by atoms with van der Waals surface area (Å²) in [7, 11) is 0. The Balaban J connectivity index is 0.00000137. The Morgan fingerprint density at radius 3 is 1.84 bits per heavy atom. The number of nitrogens with zero attached hydrogens (tertiary/aromatic N) is 6. The molecule has 0 spiro atoms. The highest BCUT2D eigenvalue weighted by Crippen LogP contribution is 2.44. The summed E-state index contributed by atoms with van der Waals surface area (Å²) < 4.78 is 4.58. The standard InChI is InChI=1S/C65H43N7S.C4H6/c66-60(43-21-7-2-8-22-43)59-53(36-33-47-39-57(73-62(47)59)42-19-5-1-6-20-42)67-40-71-54-30-16-15-28-51(54)58-48(29-17-31-56(58)71)46-34-37-55-52(38-46)50-35-32-41-18-13-14-27-49(41)61(50)72(55)65-69-63(44-23-9-3-10-24-44)68-64(70-65)45-25-11-4-12-26-45;1-3-4-2/h1-39H,40,66H2;3-4H,1-2H2/b60-59+,67-53-;. The molecule has 0 atom stereocenters. The lowest BCUT2D eigenvalue weighted by atomic mass is 9.94. The average Bonchev–Trinajstić information content (AvgIpc) is 4.33. The number of para-hydroxylation sites is 1.